The van der Waals surface area contributed by atoms with E-state index in [0.717, 1.165) is 31.9 Å². The zero-order chi connectivity index (χ0) is 11.1. The predicted octanol–water partition coefficient (Wildman–Crippen LogP) is 1.72. The maximum atomic E-state index is 5.81. The van der Waals surface area contributed by atoms with Crippen molar-refractivity contribution >= 4 is 0 Å². The molecule has 0 amide bonds. The molecule has 0 spiro atoms. The van der Waals surface area contributed by atoms with E-state index >= 15 is 0 Å². The van der Waals surface area contributed by atoms with Crippen LogP contribution in [-0.4, -0.2) is 22.8 Å². The van der Waals surface area contributed by atoms with Crippen molar-refractivity contribution in [3.05, 3.63) is 18.2 Å². The minimum atomic E-state index is 0.0307. The molecule has 1 aromatic rings. The Labute approximate surface area is 91.4 Å². The van der Waals surface area contributed by atoms with E-state index in [1.165, 1.54) is 6.42 Å². The fourth-order valence-electron chi connectivity index (χ4n) is 1.41. The highest BCUT2D eigenvalue weighted by Gasteiger charge is 2.05. The first-order valence-electron chi connectivity index (χ1n) is 5.59. The van der Waals surface area contributed by atoms with Crippen LogP contribution in [0.5, 0.6) is 0 Å². The zero-order valence-corrected chi connectivity index (χ0v) is 9.65. The van der Waals surface area contributed by atoms with Gasteiger partial charge in [0, 0.05) is 25.4 Å². The summed E-state index contributed by atoms with van der Waals surface area (Å²) in [5, 5.41) is 0. The summed E-state index contributed by atoms with van der Waals surface area (Å²) in [6.07, 6.45) is 5.93. The first-order chi connectivity index (χ1) is 7.25. The Morgan fingerprint density at radius 3 is 3.00 bits per heavy atom. The van der Waals surface area contributed by atoms with Crippen molar-refractivity contribution in [1.82, 2.24) is 9.55 Å². The molecule has 0 saturated heterocycles. The van der Waals surface area contributed by atoms with Crippen molar-refractivity contribution in [3.63, 3.8) is 0 Å². The lowest BCUT2D eigenvalue weighted by Crippen LogP contribution is -2.14. The van der Waals surface area contributed by atoms with Crippen molar-refractivity contribution in [1.29, 1.82) is 0 Å². The van der Waals surface area contributed by atoms with Crippen LogP contribution in [0, 0.1) is 0 Å². The second-order valence-corrected chi connectivity index (χ2v) is 3.77. The largest absolute Gasteiger partial charge is 0.380 e. The molecule has 0 fully saturated rings. The number of aromatic nitrogens is 2. The maximum Gasteiger partial charge on any atom is 0.0949 e. The smallest absolute Gasteiger partial charge is 0.0949 e. The number of hydrogen-bond donors (Lipinski definition) is 1. The highest BCUT2D eigenvalue weighted by Crippen LogP contribution is 2.08. The molecule has 1 atom stereocenters. The summed E-state index contributed by atoms with van der Waals surface area (Å²) in [5.74, 6) is 0. The fourth-order valence-corrected chi connectivity index (χ4v) is 1.41. The van der Waals surface area contributed by atoms with Crippen LogP contribution in [-0.2, 0) is 11.3 Å². The van der Waals surface area contributed by atoms with Gasteiger partial charge in [-0.3, -0.25) is 0 Å². The summed E-state index contributed by atoms with van der Waals surface area (Å²) < 4.78 is 7.54. The number of nitrogens with zero attached hydrogens (tertiary/aromatic N) is 2. The van der Waals surface area contributed by atoms with Gasteiger partial charge in [-0.1, -0.05) is 13.3 Å². The van der Waals surface area contributed by atoms with Gasteiger partial charge in [-0.2, -0.15) is 0 Å². The number of unbranched alkanes of at least 4 members (excludes halogenated alkanes) is 1. The molecule has 0 aliphatic carbocycles. The third-order valence-electron chi connectivity index (χ3n) is 2.33. The zero-order valence-electron chi connectivity index (χ0n) is 9.65. The maximum absolute atomic E-state index is 5.81. The van der Waals surface area contributed by atoms with Crippen LogP contribution >= 0.6 is 0 Å². The molecule has 2 N–H and O–H groups in total. The Bertz CT molecular complexity index is 271. The Balaban J connectivity index is 2.28. The number of rotatable bonds is 7. The van der Waals surface area contributed by atoms with Crippen molar-refractivity contribution in [2.24, 2.45) is 5.73 Å². The van der Waals surface area contributed by atoms with E-state index in [4.69, 9.17) is 10.5 Å². The van der Waals surface area contributed by atoms with E-state index in [1.807, 2.05) is 19.4 Å². The lowest BCUT2D eigenvalue weighted by Gasteiger charge is -2.10. The van der Waals surface area contributed by atoms with Crippen LogP contribution in [0.15, 0.2) is 12.5 Å². The monoisotopic (exact) mass is 211 g/mol. The molecule has 0 aliphatic heterocycles. The van der Waals surface area contributed by atoms with Gasteiger partial charge in [0.1, 0.15) is 0 Å². The average Bonchev–Trinajstić information content (AvgIpc) is 2.66. The summed E-state index contributed by atoms with van der Waals surface area (Å²) in [4.78, 5) is 4.09. The molecule has 0 bridgehead atoms. The van der Waals surface area contributed by atoms with Crippen LogP contribution in [0.2, 0.25) is 0 Å². The highest BCUT2D eigenvalue weighted by atomic mass is 16.5. The van der Waals surface area contributed by atoms with Crippen LogP contribution in [0.4, 0.5) is 0 Å². The van der Waals surface area contributed by atoms with Crippen molar-refractivity contribution in [2.45, 2.75) is 39.3 Å². The second-order valence-electron chi connectivity index (χ2n) is 3.77. The van der Waals surface area contributed by atoms with Gasteiger partial charge >= 0.3 is 0 Å². The van der Waals surface area contributed by atoms with Gasteiger partial charge in [0.2, 0.25) is 0 Å². The summed E-state index contributed by atoms with van der Waals surface area (Å²) in [6, 6.07) is 0.0307. The highest BCUT2D eigenvalue weighted by molar-refractivity contribution is 5.02. The topological polar surface area (TPSA) is 53.1 Å². The van der Waals surface area contributed by atoms with Crippen LogP contribution in [0.3, 0.4) is 0 Å². The van der Waals surface area contributed by atoms with Gasteiger partial charge in [-0.25, -0.2) is 4.98 Å². The van der Waals surface area contributed by atoms with E-state index in [1.54, 1.807) is 0 Å². The Hall–Kier alpha value is -0.870. The van der Waals surface area contributed by atoms with Crippen molar-refractivity contribution in [2.75, 3.05) is 13.2 Å². The van der Waals surface area contributed by atoms with E-state index in [-0.39, 0.29) is 6.04 Å². The van der Waals surface area contributed by atoms with Crippen molar-refractivity contribution < 1.29 is 4.74 Å². The Kier molecular flexibility index (Phi) is 5.36. The molecule has 86 valence electrons. The first-order valence-corrected chi connectivity index (χ1v) is 5.59. The minimum Gasteiger partial charge on any atom is -0.380 e. The molecule has 0 saturated carbocycles. The van der Waals surface area contributed by atoms with E-state index < -0.39 is 0 Å². The molecular formula is C11H21N3O. The van der Waals surface area contributed by atoms with E-state index in [2.05, 4.69) is 16.5 Å². The molecule has 1 heterocycles. The van der Waals surface area contributed by atoms with Gasteiger partial charge in [0.05, 0.1) is 18.6 Å². The molecule has 0 aromatic carbocycles. The lowest BCUT2D eigenvalue weighted by atomic mass is 10.3. The first kappa shape index (κ1) is 12.2. The molecule has 1 unspecified atom stereocenters. The molecule has 0 radical (unpaired) electrons. The van der Waals surface area contributed by atoms with Gasteiger partial charge in [-0.05, 0) is 13.3 Å². The molecular weight excluding hydrogens is 190 g/mol. The van der Waals surface area contributed by atoms with Crippen LogP contribution in [0.25, 0.3) is 0 Å². The molecule has 4 heteroatoms. The third-order valence-corrected chi connectivity index (χ3v) is 2.33. The number of ether oxygens (including phenoxy) is 1. The second kappa shape index (κ2) is 6.58. The lowest BCUT2D eigenvalue weighted by molar-refractivity contribution is 0.123. The van der Waals surface area contributed by atoms with E-state index in [9.17, 15) is 0 Å². The summed E-state index contributed by atoms with van der Waals surface area (Å²) >= 11 is 0. The molecule has 0 aliphatic rings. The summed E-state index contributed by atoms with van der Waals surface area (Å²) in [5.41, 5.74) is 6.87. The Morgan fingerprint density at radius 2 is 2.33 bits per heavy atom. The molecule has 15 heavy (non-hydrogen) atoms. The number of hydrogen-bond acceptors (Lipinski definition) is 3. The SMILES string of the molecule is CCCCOCCn1cncc1C(C)N. The normalized spacial score (nSPS) is 13.0. The van der Waals surface area contributed by atoms with Gasteiger partial charge in [0.25, 0.3) is 0 Å². The molecule has 1 aromatic heterocycles. The Morgan fingerprint density at radius 1 is 1.53 bits per heavy atom. The predicted molar refractivity (Wildman–Crippen MR) is 60.6 cm³/mol. The van der Waals surface area contributed by atoms with Crippen molar-refractivity contribution in [3.8, 4) is 0 Å². The van der Waals surface area contributed by atoms with Gasteiger partial charge < -0.3 is 15.0 Å². The van der Waals surface area contributed by atoms with Crippen LogP contribution in [0.1, 0.15) is 38.4 Å². The minimum absolute atomic E-state index is 0.0307. The fraction of sp³-hybridized carbons (Fsp3) is 0.727. The number of imidazole rings is 1. The summed E-state index contributed by atoms with van der Waals surface area (Å²) in [7, 11) is 0. The summed E-state index contributed by atoms with van der Waals surface area (Å²) in [6.45, 7) is 6.54. The molecule has 1 rings (SSSR count). The average molecular weight is 211 g/mol. The molecule has 4 nitrogen and oxygen atoms in total. The van der Waals surface area contributed by atoms with Gasteiger partial charge in [0.15, 0.2) is 0 Å². The van der Waals surface area contributed by atoms with Gasteiger partial charge in [-0.15, -0.1) is 0 Å². The number of nitrogens with two attached hydrogens (primary N) is 1. The quantitative estimate of drug-likeness (QED) is 0.699. The van der Waals surface area contributed by atoms with Crippen LogP contribution < -0.4 is 5.73 Å². The third kappa shape index (κ3) is 4.01. The van der Waals surface area contributed by atoms with E-state index in [0.29, 0.717) is 0 Å². The standard InChI is InChI=1S/C11H21N3O/c1-3-4-6-15-7-5-14-9-13-8-11(14)10(2)12/h8-10H,3-7,12H2,1-2H3.